The number of methoxy groups -OCH3 is 1. The van der Waals surface area contributed by atoms with Gasteiger partial charge in [-0.15, -0.1) is 0 Å². The molecule has 1 rings (SSSR count). The van der Waals surface area contributed by atoms with Crippen molar-refractivity contribution in [2.45, 2.75) is 33.1 Å². The lowest BCUT2D eigenvalue weighted by Gasteiger charge is -2.07. The van der Waals surface area contributed by atoms with Gasteiger partial charge < -0.3 is 4.74 Å². The molecule has 1 aromatic carbocycles. The summed E-state index contributed by atoms with van der Waals surface area (Å²) in [6, 6.07) is 6.30. The maximum absolute atomic E-state index is 10.9. The highest BCUT2D eigenvalue weighted by Gasteiger charge is 2.03. The van der Waals surface area contributed by atoms with Crippen LogP contribution in [-0.2, 0) is 16.0 Å². The van der Waals surface area contributed by atoms with Crippen molar-refractivity contribution < 1.29 is 9.53 Å². The molecule has 82 valence electrons. The molecule has 0 N–H and O–H groups in total. The van der Waals surface area contributed by atoms with Crippen molar-refractivity contribution in [3.8, 4) is 0 Å². The minimum atomic E-state index is -0.125. The standard InChI is InChI=1S/C13H18O2/c1-10-6-4-7-12(11(10)2)8-5-9-13(14)15-3/h4,6-7H,5,8-9H2,1-3H3. The zero-order chi connectivity index (χ0) is 11.3. The van der Waals surface area contributed by atoms with Crippen molar-refractivity contribution in [3.05, 3.63) is 34.9 Å². The van der Waals surface area contributed by atoms with Gasteiger partial charge in [0.1, 0.15) is 0 Å². The van der Waals surface area contributed by atoms with Crippen LogP contribution in [-0.4, -0.2) is 13.1 Å². The van der Waals surface area contributed by atoms with Crippen LogP contribution >= 0.6 is 0 Å². The Morgan fingerprint density at radius 2 is 2.07 bits per heavy atom. The van der Waals surface area contributed by atoms with Gasteiger partial charge in [-0.05, 0) is 43.4 Å². The largest absolute Gasteiger partial charge is 0.469 e. The topological polar surface area (TPSA) is 26.3 Å². The van der Waals surface area contributed by atoms with Crippen LogP contribution in [0.25, 0.3) is 0 Å². The molecule has 2 heteroatoms. The summed E-state index contributed by atoms with van der Waals surface area (Å²) in [5.74, 6) is -0.125. The first-order valence-corrected chi connectivity index (χ1v) is 5.27. The maximum atomic E-state index is 10.9. The lowest BCUT2D eigenvalue weighted by molar-refractivity contribution is -0.140. The van der Waals surface area contributed by atoms with Crippen molar-refractivity contribution in [1.82, 2.24) is 0 Å². The summed E-state index contributed by atoms with van der Waals surface area (Å²) in [5.41, 5.74) is 3.98. The number of rotatable bonds is 4. The lowest BCUT2D eigenvalue weighted by atomic mass is 9.99. The van der Waals surface area contributed by atoms with Gasteiger partial charge in [-0.2, -0.15) is 0 Å². The Morgan fingerprint density at radius 1 is 1.33 bits per heavy atom. The lowest BCUT2D eigenvalue weighted by Crippen LogP contribution is -2.01. The Bertz CT molecular complexity index is 342. The number of aryl methyl sites for hydroxylation is 2. The van der Waals surface area contributed by atoms with Crippen molar-refractivity contribution in [2.24, 2.45) is 0 Å². The molecular weight excluding hydrogens is 188 g/mol. The van der Waals surface area contributed by atoms with E-state index in [1.54, 1.807) is 0 Å². The number of carbonyl (C=O) groups excluding carboxylic acids is 1. The van der Waals surface area contributed by atoms with E-state index in [-0.39, 0.29) is 5.97 Å². The van der Waals surface area contributed by atoms with Crippen LogP contribution in [0.2, 0.25) is 0 Å². The van der Waals surface area contributed by atoms with Gasteiger partial charge in [-0.25, -0.2) is 0 Å². The molecule has 0 fully saturated rings. The Morgan fingerprint density at radius 3 is 2.73 bits per heavy atom. The monoisotopic (exact) mass is 206 g/mol. The van der Waals surface area contributed by atoms with E-state index in [0.29, 0.717) is 6.42 Å². The zero-order valence-corrected chi connectivity index (χ0v) is 9.67. The summed E-state index contributed by atoms with van der Waals surface area (Å²) in [5, 5.41) is 0. The fourth-order valence-corrected chi connectivity index (χ4v) is 1.61. The van der Waals surface area contributed by atoms with Gasteiger partial charge in [0.15, 0.2) is 0 Å². The molecule has 2 nitrogen and oxygen atoms in total. The summed E-state index contributed by atoms with van der Waals surface area (Å²) in [7, 11) is 1.43. The summed E-state index contributed by atoms with van der Waals surface area (Å²) in [6.45, 7) is 4.24. The van der Waals surface area contributed by atoms with Crippen LogP contribution in [0.15, 0.2) is 18.2 Å². The molecular formula is C13H18O2. The predicted octanol–water partition coefficient (Wildman–Crippen LogP) is 2.80. The van der Waals surface area contributed by atoms with Crippen molar-refractivity contribution in [3.63, 3.8) is 0 Å². The average Bonchev–Trinajstić information content (AvgIpc) is 2.24. The molecule has 0 atom stereocenters. The van der Waals surface area contributed by atoms with Gasteiger partial charge in [-0.1, -0.05) is 18.2 Å². The molecule has 0 heterocycles. The Hall–Kier alpha value is -1.31. The highest BCUT2D eigenvalue weighted by molar-refractivity contribution is 5.69. The third-order valence-corrected chi connectivity index (χ3v) is 2.77. The smallest absolute Gasteiger partial charge is 0.305 e. The minimum absolute atomic E-state index is 0.125. The Labute approximate surface area is 91.3 Å². The van der Waals surface area contributed by atoms with E-state index in [9.17, 15) is 4.79 Å². The van der Waals surface area contributed by atoms with E-state index in [1.165, 1.54) is 23.8 Å². The summed E-state index contributed by atoms with van der Waals surface area (Å²) >= 11 is 0. The summed E-state index contributed by atoms with van der Waals surface area (Å²) in [4.78, 5) is 10.9. The van der Waals surface area contributed by atoms with Crippen LogP contribution in [0.5, 0.6) is 0 Å². The number of ether oxygens (including phenoxy) is 1. The van der Waals surface area contributed by atoms with E-state index in [2.05, 4.69) is 36.8 Å². The minimum Gasteiger partial charge on any atom is -0.469 e. The predicted molar refractivity (Wildman–Crippen MR) is 60.9 cm³/mol. The molecule has 0 saturated carbocycles. The molecule has 0 radical (unpaired) electrons. The number of hydrogen-bond donors (Lipinski definition) is 0. The second-order valence-electron chi connectivity index (χ2n) is 3.79. The second kappa shape index (κ2) is 5.54. The molecule has 15 heavy (non-hydrogen) atoms. The molecule has 1 aromatic rings. The van der Waals surface area contributed by atoms with Gasteiger partial charge >= 0.3 is 5.97 Å². The van der Waals surface area contributed by atoms with E-state index >= 15 is 0 Å². The van der Waals surface area contributed by atoms with E-state index < -0.39 is 0 Å². The molecule has 0 saturated heterocycles. The van der Waals surface area contributed by atoms with Gasteiger partial charge in [0.05, 0.1) is 7.11 Å². The highest BCUT2D eigenvalue weighted by Crippen LogP contribution is 2.15. The number of hydrogen-bond acceptors (Lipinski definition) is 2. The second-order valence-corrected chi connectivity index (χ2v) is 3.79. The van der Waals surface area contributed by atoms with Crippen molar-refractivity contribution >= 4 is 5.97 Å². The fourth-order valence-electron chi connectivity index (χ4n) is 1.61. The molecule has 0 aliphatic rings. The Balaban J connectivity index is 2.51. The first-order valence-electron chi connectivity index (χ1n) is 5.27. The average molecular weight is 206 g/mol. The molecule has 0 aliphatic heterocycles. The van der Waals surface area contributed by atoms with Crippen LogP contribution < -0.4 is 0 Å². The maximum Gasteiger partial charge on any atom is 0.305 e. The summed E-state index contributed by atoms with van der Waals surface area (Å²) < 4.78 is 4.60. The molecule has 0 aromatic heterocycles. The third kappa shape index (κ3) is 3.39. The van der Waals surface area contributed by atoms with E-state index in [4.69, 9.17) is 0 Å². The van der Waals surface area contributed by atoms with Gasteiger partial charge in [0, 0.05) is 6.42 Å². The van der Waals surface area contributed by atoms with Crippen LogP contribution in [0.3, 0.4) is 0 Å². The summed E-state index contributed by atoms with van der Waals surface area (Å²) in [6.07, 6.45) is 2.31. The fraction of sp³-hybridized carbons (Fsp3) is 0.462. The number of carbonyl (C=O) groups is 1. The van der Waals surface area contributed by atoms with Crippen molar-refractivity contribution in [2.75, 3.05) is 7.11 Å². The van der Waals surface area contributed by atoms with Gasteiger partial charge in [0.2, 0.25) is 0 Å². The zero-order valence-electron chi connectivity index (χ0n) is 9.67. The normalized spacial score (nSPS) is 10.1. The first kappa shape index (κ1) is 11.8. The first-order chi connectivity index (χ1) is 7.15. The van der Waals surface area contributed by atoms with Crippen LogP contribution in [0.1, 0.15) is 29.5 Å². The molecule has 0 amide bonds. The molecule has 0 spiro atoms. The Kier molecular flexibility index (Phi) is 4.35. The van der Waals surface area contributed by atoms with Gasteiger partial charge in [-0.3, -0.25) is 4.79 Å². The van der Waals surface area contributed by atoms with Gasteiger partial charge in [0.25, 0.3) is 0 Å². The van der Waals surface area contributed by atoms with Crippen molar-refractivity contribution in [1.29, 1.82) is 0 Å². The SMILES string of the molecule is COC(=O)CCCc1cccc(C)c1C. The number of esters is 1. The molecule has 0 bridgehead atoms. The molecule has 0 aliphatic carbocycles. The van der Waals surface area contributed by atoms with Crippen LogP contribution in [0, 0.1) is 13.8 Å². The molecule has 0 unspecified atom stereocenters. The van der Waals surface area contributed by atoms with Crippen LogP contribution in [0.4, 0.5) is 0 Å². The third-order valence-electron chi connectivity index (χ3n) is 2.77. The number of benzene rings is 1. The van der Waals surface area contributed by atoms with E-state index in [0.717, 1.165) is 12.8 Å². The quantitative estimate of drug-likeness (QED) is 0.708. The van der Waals surface area contributed by atoms with E-state index in [1.807, 2.05) is 0 Å². The highest BCUT2D eigenvalue weighted by atomic mass is 16.5.